The van der Waals surface area contributed by atoms with Crippen LogP contribution in [0.3, 0.4) is 0 Å². The molecule has 4 aromatic rings. The van der Waals surface area contributed by atoms with Crippen LogP contribution in [0.5, 0.6) is 0 Å². The van der Waals surface area contributed by atoms with Gasteiger partial charge in [0, 0.05) is 22.8 Å². The van der Waals surface area contributed by atoms with Crippen LogP contribution in [0.1, 0.15) is 29.8 Å². The van der Waals surface area contributed by atoms with Gasteiger partial charge < -0.3 is 10.3 Å². The van der Waals surface area contributed by atoms with E-state index in [0.29, 0.717) is 24.2 Å². The molecule has 0 atom stereocenters. The summed E-state index contributed by atoms with van der Waals surface area (Å²) in [6, 6.07) is 21.7. The van der Waals surface area contributed by atoms with E-state index in [1.807, 2.05) is 42.5 Å². The number of hydrogen-bond donors (Lipinski definition) is 2. The molecule has 3 heterocycles. The monoisotopic (exact) mass is 393 g/mol. The summed E-state index contributed by atoms with van der Waals surface area (Å²) in [5.41, 5.74) is 3.94. The summed E-state index contributed by atoms with van der Waals surface area (Å²) < 4.78 is 0. The topological polar surface area (TPSA) is 94.5 Å². The Morgan fingerprint density at radius 2 is 1.90 bits per heavy atom. The maximum Gasteiger partial charge on any atom is 0.271 e. The molecule has 6 heteroatoms. The Balaban J connectivity index is 1.45. The van der Waals surface area contributed by atoms with Gasteiger partial charge in [0.15, 0.2) is 0 Å². The van der Waals surface area contributed by atoms with E-state index in [4.69, 9.17) is 0 Å². The van der Waals surface area contributed by atoms with Gasteiger partial charge in [-0.25, -0.2) is 9.97 Å². The number of carbonyl (C=O) groups is 1. The van der Waals surface area contributed by atoms with E-state index in [9.17, 15) is 10.1 Å². The van der Waals surface area contributed by atoms with Gasteiger partial charge in [-0.15, -0.1) is 0 Å². The van der Waals surface area contributed by atoms with Crippen LogP contribution in [-0.2, 0) is 0 Å². The van der Waals surface area contributed by atoms with Crippen molar-refractivity contribution < 1.29 is 4.79 Å². The summed E-state index contributed by atoms with van der Waals surface area (Å²) in [6.45, 7) is 0. The fraction of sp³-hybridized carbons (Fsp3) is 0.167. The number of rotatable bonds is 4. The number of nitrogens with one attached hydrogen (secondary N) is 2. The van der Waals surface area contributed by atoms with Gasteiger partial charge in [0.2, 0.25) is 0 Å². The van der Waals surface area contributed by atoms with E-state index in [1.165, 1.54) is 0 Å². The van der Waals surface area contributed by atoms with Crippen LogP contribution in [0.25, 0.3) is 33.5 Å². The van der Waals surface area contributed by atoms with E-state index >= 15 is 0 Å². The smallest absolute Gasteiger partial charge is 0.271 e. The Bertz CT molecular complexity index is 1280. The first kappa shape index (κ1) is 18.1. The lowest BCUT2D eigenvalue weighted by Gasteiger charge is -2.35. The lowest BCUT2D eigenvalue weighted by molar-refractivity contribution is 0.0876. The zero-order chi connectivity index (χ0) is 20.6. The summed E-state index contributed by atoms with van der Waals surface area (Å²) >= 11 is 0. The molecule has 1 amide bonds. The first-order valence-corrected chi connectivity index (χ1v) is 9.91. The molecular weight excluding hydrogens is 374 g/mol. The SMILES string of the molecule is N#CC1(NC(=O)c2cccc(-c3cnc4[nH]c(-c5ccccc5)cc4c3)n2)CCC1. The number of amides is 1. The zero-order valence-electron chi connectivity index (χ0n) is 16.2. The predicted molar refractivity (Wildman–Crippen MR) is 114 cm³/mol. The number of fused-ring (bicyclic) bond motifs is 1. The van der Waals surface area contributed by atoms with Crippen molar-refractivity contribution >= 4 is 16.9 Å². The van der Waals surface area contributed by atoms with Crippen LogP contribution in [0.2, 0.25) is 0 Å². The standard InChI is InChI=1S/C24H19N5O/c25-15-24(10-5-11-24)29-23(30)20-9-4-8-19(27-20)18-12-17-13-21(28-22(17)26-14-18)16-6-2-1-3-7-16/h1-4,6-9,12-14H,5,10-11H2,(H,26,28)(H,29,30). The Morgan fingerprint density at radius 3 is 2.63 bits per heavy atom. The number of nitriles is 1. The summed E-state index contributed by atoms with van der Waals surface area (Å²) in [6.07, 6.45) is 4.08. The lowest BCUT2D eigenvalue weighted by atomic mass is 9.78. The number of hydrogen-bond acceptors (Lipinski definition) is 4. The molecule has 1 aromatic carbocycles. The Labute approximate surface area is 173 Å². The van der Waals surface area contributed by atoms with Gasteiger partial charge in [0.25, 0.3) is 5.91 Å². The third kappa shape index (κ3) is 3.20. The molecule has 1 saturated carbocycles. The Morgan fingerprint density at radius 1 is 1.07 bits per heavy atom. The highest BCUT2D eigenvalue weighted by Gasteiger charge is 2.39. The van der Waals surface area contributed by atoms with E-state index in [-0.39, 0.29) is 5.91 Å². The van der Waals surface area contributed by atoms with Crippen LogP contribution in [0, 0.1) is 11.3 Å². The van der Waals surface area contributed by atoms with Gasteiger partial charge in [-0.2, -0.15) is 5.26 Å². The van der Waals surface area contributed by atoms with Crippen LogP contribution in [-0.4, -0.2) is 26.4 Å². The third-order valence-electron chi connectivity index (χ3n) is 5.61. The van der Waals surface area contributed by atoms with Crippen LogP contribution >= 0.6 is 0 Å². The number of pyridine rings is 2. The molecule has 1 aliphatic rings. The van der Waals surface area contributed by atoms with Crippen molar-refractivity contribution in [2.45, 2.75) is 24.8 Å². The molecule has 146 valence electrons. The highest BCUT2D eigenvalue weighted by atomic mass is 16.2. The molecule has 6 nitrogen and oxygen atoms in total. The average Bonchev–Trinajstić information content (AvgIpc) is 3.20. The van der Waals surface area contributed by atoms with Crippen molar-refractivity contribution in [2.24, 2.45) is 0 Å². The van der Waals surface area contributed by atoms with Crippen LogP contribution in [0.4, 0.5) is 0 Å². The number of nitrogens with zero attached hydrogens (tertiary/aromatic N) is 3. The maximum absolute atomic E-state index is 12.6. The van der Waals surface area contributed by atoms with Gasteiger partial charge in [-0.3, -0.25) is 4.79 Å². The van der Waals surface area contributed by atoms with Crippen molar-refractivity contribution in [2.75, 3.05) is 0 Å². The van der Waals surface area contributed by atoms with Crippen molar-refractivity contribution in [3.05, 3.63) is 72.6 Å². The maximum atomic E-state index is 12.6. The molecule has 0 spiro atoms. The molecule has 2 N–H and O–H groups in total. The largest absolute Gasteiger partial charge is 0.339 e. The molecule has 0 bridgehead atoms. The number of benzene rings is 1. The predicted octanol–water partition coefficient (Wildman–Crippen LogP) is 4.47. The minimum absolute atomic E-state index is 0.299. The average molecular weight is 393 g/mol. The van der Waals surface area contributed by atoms with E-state index < -0.39 is 5.54 Å². The number of aromatic amines is 1. The lowest BCUT2D eigenvalue weighted by Crippen LogP contribution is -2.52. The Kier molecular flexibility index (Phi) is 4.29. The molecule has 0 radical (unpaired) electrons. The molecule has 5 rings (SSSR count). The minimum Gasteiger partial charge on any atom is -0.339 e. The second-order valence-corrected chi connectivity index (χ2v) is 7.62. The highest BCUT2D eigenvalue weighted by Crippen LogP contribution is 2.31. The summed E-state index contributed by atoms with van der Waals surface area (Å²) in [5.74, 6) is -0.319. The van der Waals surface area contributed by atoms with Crippen molar-refractivity contribution in [3.63, 3.8) is 0 Å². The van der Waals surface area contributed by atoms with Crippen molar-refractivity contribution in [1.29, 1.82) is 5.26 Å². The first-order chi connectivity index (χ1) is 14.7. The minimum atomic E-state index is -0.742. The fourth-order valence-corrected chi connectivity index (χ4v) is 3.73. The quantitative estimate of drug-likeness (QED) is 0.535. The fourth-order valence-electron chi connectivity index (χ4n) is 3.73. The highest BCUT2D eigenvalue weighted by molar-refractivity contribution is 5.94. The zero-order valence-corrected chi connectivity index (χ0v) is 16.2. The van der Waals surface area contributed by atoms with Crippen molar-refractivity contribution in [3.8, 4) is 28.6 Å². The Hall–Kier alpha value is -3.98. The molecular formula is C24H19N5O. The molecule has 1 aliphatic carbocycles. The van der Waals surface area contributed by atoms with Crippen LogP contribution in [0.15, 0.2) is 66.9 Å². The molecule has 1 fully saturated rings. The summed E-state index contributed by atoms with van der Waals surface area (Å²) in [7, 11) is 0. The molecule has 30 heavy (non-hydrogen) atoms. The number of aromatic nitrogens is 3. The number of carbonyl (C=O) groups excluding carboxylic acids is 1. The van der Waals surface area contributed by atoms with Crippen molar-refractivity contribution in [1.82, 2.24) is 20.3 Å². The van der Waals surface area contributed by atoms with Gasteiger partial charge in [0.05, 0.1) is 11.8 Å². The van der Waals surface area contributed by atoms with Gasteiger partial charge >= 0.3 is 0 Å². The molecule has 0 unspecified atom stereocenters. The summed E-state index contributed by atoms with van der Waals surface area (Å²) in [5, 5.41) is 13.2. The van der Waals surface area contributed by atoms with E-state index in [2.05, 4.69) is 32.4 Å². The molecule has 3 aromatic heterocycles. The first-order valence-electron chi connectivity index (χ1n) is 9.91. The molecule has 0 saturated heterocycles. The normalized spacial score (nSPS) is 14.6. The van der Waals surface area contributed by atoms with Gasteiger partial charge in [-0.05, 0) is 49.1 Å². The van der Waals surface area contributed by atoms with E-state index in [0.717, 1.165) is 34.3 Å². The van der Waals surface area contributed by atoms with Crippen LogP contribution < -0.4 is 5.32 Å². The van der Waals surface area contributed by atoms with Gasteiger partial charge in [0.1, 0.15) is 16.9 Å². The second kappa shape index (κ2) is 7.12. The molecule has 0 aliphatic heterocycles. The second-order valence-electron chi connectivity index (χ2n) is 7.62. The van der Waals surface area contributed by atoms with E-state index in [1.54, 1.807) is 18.3 Å². The number of H-pyrrole nitrogens is 1. The summed E-state index contributed by atoms with van der Waals surface area (Å²) in [4.78, 5) is 25.0. The third-order valence-corrected chi connectivity index (χ3v) is 5.61. The van der Waals surface area contributed by atoms with Gasteiger partial charge in [-0.1, -0.05) is 36.4 Å².